The van der Waals surface area contributed by atoms with E-state index < -0.39 is 0 Å². The number of halogens is 2. The number of amides is 1. The number of benzene rings is 2. The van der Waals surface area contributed by atoms with Gasteiger partial charge in [-0.05, 0) is 30.7 Å². The fourth-order valence-corrected chi connectivity index (χ4v) is 2.13. The summed E-state index contributed by atoms with van der Waals surface area (Å²) in [6.07, 6.45) is 0.319. The highest BCUT2D eigenvalue weighted by molar-refractivity contribution is 6.36. The molecule has 0 heterocycles. The second kappa shape index (κ2) is 6.09. The third-order valence-corrected chi connectivity index (χ3v) is 3.24. The lowest BCUT2D eigenvalue weighted by molar-refractivity contribution is -0.115. The van der Waals surface area contributed by atoms with E-state index in [1.807, 2.05) is 31.2 Å². The van der Waals surface area contributed by atoms with Crippen LogP contribution >= 0.6 is 23.2 Å². The van der Waals surface area contributed by atoms with E-state index in [0.717, 1.165) is 5.56 Å². The molecule has 2 nitrogen and oxygen atoms in total. The van der Waals surface area contributed by atoms with Gasteiger partial charge in [0.15, 0.2) is 0 Å². The highest BCUT2D eigenvalue weighted by atomic mass is 35.5. The average Bonchev–Trinajstić information content (AvgIpc) is 2.36. The number of nitrogens with one attached hydrogen (secondary N) is 1. The minimum absolute atomic E-state index is 0.104. The van der Waals surface area contributed by atoms with Crippen LogP contribution in [0.25, 0.3) is 0 Å². The monoisotopic (exact) mass is 293 g/mol. The van der Waals surface area contributed by atoms with E-state index in [4.69, 9.17) is 23.2 Å². The average molecular weight is 294 g/mol. The Morgan fingerprint density at radius 3 is 2.42 bits per heavy atom. The first-order valence-corrected chi connectivity index (χ1v) is 6.60. The summed E-state index contributed by atoms with van der Waals surface area (Å²) < 4.78 is 0. The minimum atomic E-state index is -0.104. The smallest absolute Gasteiger partial charge is 0.228 e. The van der Waals surface area contributed by atoms with Crippen LogP contribution in [0.4, 0.5) is 5.69 Å². The Morgan fingerprint density at radius 2 is 1.79 bits per heavy atom. The zero-order valence-corrected chi connectivity index (χ0v) is 11.9. The quantitative estimate of drug-likeness (QED) is 0.888. The highest BCUT2D eigenvalue weighted by Gasteiger charge is 2.07. The molecule has 2 aromatic carbocycles. The molecule has 0 aliphatic heterocycles. The number of carbonyl (C=O) groups excluding carboxylic acids is 1. The predicted molar refractivity (Wildman–Crippen MR) is 80.0 cm³/mol. The van der Waals surface area contributed by atoms with Crippen molar-refractivity contribution in [3.05, 3.63) is 63.6 Å². The summed E-state index contributed by atoms with van der Waals surface area (Å²) in [7, 11) is 0. The van der Waals surface area contributed by atoms with E-state index in [2.05, 4.69) is 5.32 Å². The normalized spacial score (nSPS) is 10.3. The standard InChI is InChI=1S/C15H13Cl2NO/c1-10-2-4-11(5-3-10)8-15(19)18-14-7-6-12(16)9-13(14)17/h2-7,9H,8H2,1H3,(H,18,19). The van der Waals surface area contributed by atoms with Crippen LogP contribution in [0.2, 0.25) is 10.0 Å². The molecule has 1 N–H and O–H groups in total. The molecule has 2 aromatic rings. The summed E-state index contributed by atoms with van der Waals surface area (Å²) in [6.45, 7) is 2.01. The van der Waals surface area contributed by atoms with Gasteiger partial charge in [0.2, 0.25) is 5.91 Å². The van der Waals surface area contributed by atoms with Gasteiger partial charge in [-0.25, -0.2) is 0 Å². The number of aryl methyl sites for hydroxylation is 1. The topological polar surface area (TPSA) is 29.1 Å². The maximum atomic E-state index is 11.9. The summed E-state index contributed by atoms with van der Waals surface area (Å²) in [5, 5.41) is 3.75. The molecule has 0 spiro atoms. The lowest BCUT2D eigenvalue weighted by Gasteiger charge is -2.07. The molecule has 4 heteroatoms. The number of anilines is 1. The zero-order chi connectivity index (χ0) is 13.8. The Hall–Kier alpha value is -1.51. The Bertz CT molecular complexity index is 594. The fraction of sp³-hybridized carbons (Fsp3) is 0.133. The second-order valence-electron chi connectivity index (χ2n) is 4.33. The molecule has 0 saturated carbocycles. The van der Waals surface area contributed by atoms with Gasteiger partial charge >= 0.3 is 0 Å². The first-order valence-electron chi connectivity index (χ1n) is 5.85. The molecule has 0 fully saturated rings. The number of hydrogen-bond acceptors (Lipinski definition) is 1. The van der Waals surface area contributed by atoms with Crippen LogP contribution in [0.5, 0.6) is 0 Å². The van der Waals surface area contributed by atoms with Crippen molar-refractivity contribution >= 4 is 34.8 Å². The zero-order valence-electron chi connectivity index (χ0n) is 10.4. The molecule has 0 atom stereocenters. The minimum Gasteiger partial charge on any atom is -0.324 e. The van der Waals surface area contributed by atoms with Gasteiger partial charge < -0.3 is 5.32 Å². The lowest BCUT2D eigenvalue weighted by Crippen LogP contribution is -2.14. The Kier molecular flexibility index (Phi) is 4.46. The Balaban J connectivity index is 2.03. The van der Waals surface area contributed by atoms with Gasteiger partial charge in [-0.3, -0.25) is 4.79 Å². The molecule has 0 aliphatic carbocycles. The van der Waals surface area contributed by atoms with Crippen LogP contribution in [0.15, 0.2) is 42.5 Å². The molecule has 1 amide bonds. The van der Waals surface area contributed by atoms with E-state index in [1.54, 1.807) is 18.2 Å². The fourth-order valence-electron chi connectivity index (χ4n) is 1.68. The summed E-state index contributed by atoms with van der Waals surface area (Å²) in [5.41, 5.74) is 2.71. The number of rotatable bonds is 3. The number of hydrogen-bond donors (Lipinski definition) is 1. The van der Waals surface area contributed by atoms with Crippen molar-refractivity contribution < 1.29 is 4.79 Å². The van der Waals surface area contributed by atoms with Gasteiger partial charge in [0.25, 0.3) is 0 Å². The maximum absolute atomic E-state index is 11.9. The van der Waals surface area contributed by atoms with Crippen molar-refractivity contribution in [3.8, 4) is 0 Å². The maximum Gasteiger partial charge on any atom is 0.228 e. The first-order chi connectivity index (χ1) is 9.04. The second-order valence-corrected chi connectivity index (χ2v) is 5.18. The summed E-state index contributed by atoms with van der Waals surface area (Å²) in [6, 6.07) is 12.8. The molecular weight excluding hydrogens is 281 g/mol. The SMILES string of the molecule is Cc1ccc(CC(=O)Nc2ccc(Cl)cc2Cl)cc1. The predicted octanol–water partition coefficient (Wildman–Crippen LogP) is 4.48. The van der Waals surface area contributed by atoms with Crippen LogP contribution < -0.4 is 5.32 Å². The lowest BCUT2D eigenvalue weighted by atomic mass is 10.1. The van der Waals surface area contributed by atoms with Crippen molar-refractivity contribution in [1.29, 1.82) is 0 Å². The van der Waals surface area contributed by atoms with Crippen LogP contribution in [0, 0.1) is 6.92 Å². The summed E-state index contributed by atoms with van der Waals surface area (Å²) in [5.74, 6) is -0.104. The van der Waals surface area contributed by atoms with Gasteiger partial charge in [0.1, 0.15) is 0 Å². The molecule has 19 heavy (non-hydrogen) atoms. The van der Waals surface area contributed by atoms with Gasteiger partial charge in [0, 0.05) is 5.02 Å². The van der Waals surface area contributed by atoms with Crippen LogP contribution in [-0.2, 0) is 11.2 Å². The van der Waals surface area contributed by atoms with Crippen LogP contribution in [0.3, 0.4) is 0 Å². The third-order valence-electron chi connectivity index (χ3n) is 2.69. The molecule has 0 aromatic heterocycles. The third kappa shape index (κ3) is 3.98. The van der Waals surface area contributed by atoms with Crippen LogP contribution in [-0.4, -0.2) is 5.91 Å². The number of carbonyl (C=O) groups is 1. The Labute approximate surface area is 122 Å². The van der Waals surface area contributed by atoms with E-state index in [1.165, 1.54) is 5.56 Å². The molecule has 0 saturated heterocycles. The van der Waals surface area contributed by atoms with Crippen molar-refractivity contribution in [2.75, 3.05) is 5.32 Å². The van der Waals surface area contributed by atoms with Crippen molar-refractivity contribution in [2.45, 2.75) is 13.3 Å². The molecule has 98 valence electrons. The van der Waals surface area contributed by atoms with Gasteiger partial charge in [-0.1, -0.05) is 53.0 Å². The Morgan fingerprint density at radius 1 is 1.11 bits per heavy atom. The van der Waals surface area contributed by atoms with Crippen molar-refractivity contribution in [2.24, 2.45) is 0 Å². The summed E-state index contributed by atoms with van der Waals surface area (Å²) >= 11 is 11.8. The van der Waals surface area contributed by atoms with Crippen molar-refractivity contribution in [1.82, 2.24) is 0 Å². The first kappa shape index (κ1) is 13.9. The van der Waals surface area contributed by atoms with Crippen LogP contribution in [0.1, 0.15) is 11.1 Å². The summed E-state index contributed by atoms with van der Waals surface area (Å²) in [4.78, 5) is 11.9. The molecule has 0 bridgehead atoms. The van der Waals surface area contributed by atoms with E-state index in [9.17, 15) is 4.79 Å². The molecular formula is C15H13Cl2NO. The molecule has 0 unspecified atom stereocenters. The van der Waals surface area contributed by atoms with Gasteiger partial charge in [-0.2, -0.15) is 0 Å². The van der Waals surface area contributed by atoms with E-state index >= 15 is 0 Å². The highest BCUT2D eigenvalue weighted by Crippen LogP contribution is 2.25. The van der Waals surface area contributed by atoms with E-state index in [0.29, 0.717) is 22.2 Å². The molecule has 0 aliphatic rings. The van der Waals surface area contributed by atoms with Crippen molar-refractivity contribution in [3.63, 3.8) is 0 Å². The largest absolute Gasteiger partial charge is 0.324 e. The molecule has 0 radical (unpaired) electrons. The van der Waals surface area contributed by atoms with Gasteiger partial charge in [0.05, 0.1) is 17.1 Å². The van der Waals surface area contributed by atoms with Gasteiger partial charge in [-0.15, -0.1) is 0 Å². The van der Waals surface area contributed by atoms with E-state index in [-0.39, 0.29) is 5.91 Å². The molecule has 2 rings (SSSR count).